The van der Waals surface area contributed by atoms with Crippen LogP contribution in [0.5, 0.6) is 5.75 Å². The number of hydrogen-bond donors (Lipinski definition) is 1. The van der Waals surface area contributed by atoms with E-state index in [-0.39, 0.29) is 12.5 Å². The number of rotatable bonds is 5. The third-order valence-corrected chi connectivity index (χ3v) is 1.87. The first-order chi connectivity index (χ1) is 7.19. The largest absolute Gasteiger partial charge is 0.486 e. The number of aliphatic hydroxyl groups is 1. The second kappa shape index (κ2) is 5.46. The van der Waals surface area contributed by atoms with Crippen LogP contribution in [-0.4, -0.2) is 21.7 Å². The lowest BCUT2D eigenvalue weighted by molar-refractivity contribution is 0.262. The Balaban J connectivity index is 2.92. The molecule has 0 spiro atoms. The van der Waals surface area contributed by atoms with Gasteiger partial charge in [0.1, 0.15) is 18.1 Å². The Bertz CT molecular complexity index is 337. The Morgan fingerprint density at radius 1 is 1.60 bits per heavy atom. The van der Waals surface area contributed by atoms with Gasteiger partial charge in [0, 0.05) is 5.92 Å². The molecule has 82 valence electrons. The van der Waals surface area contributed by atoms with Crippen LogP contribution < -0.4 is 4.74 Å². The van der Waals surface area contributed by atoms with Crippen LogP contribution in [0.15, 0.2) is 18.9 Å². The van der Waals surface area contributed by atoms with Crippen molar-refractivity contribution in [1.29, 1.82) is 0 Å². The zero-order valence-corrected chi connectivity index (χ0v) is 9.10. The standard InChI is InChI=1S/C11H16N2O2/c1-4-5-15-10-6-12-11(8(2)3)13-9(10)7-14/h4,6,8,14H,1,5,7H2,2-3H3. The summed E-state index contributed by atoms with van der Waals surface area (Å²) in [7, 11) is 0. The summed E-state index contributed by atoms with van der Waals surface area (Å²) in [4.78, 5) is 8.38. The fourth-order valence-electron chi connectivity index (χ4n) is 1.08. The van der Waals surface area contributed by atoms with Gasteiger partial charge < -0.3 is 9.84 Å². The lowest BCUT2D eigenvalue weighted by Gasteiger charge is -2.10. The van der Waals surface area contributed by atoms with Gasteiger partial charge >= 0.3 is 0 Å². The molecular weight excluding hydrogens is 192 g/mol. The lowest BCUT2D eigenvalue weighted by Crippen LogP contribution is -2.05. The molecule has 0 radical (unpaired) electrons. The van der Waals surface area contributed by atoms with Gasteiger partial charge in [-0.3, -0.25) is 0 Å². The van der Waals surface area contributed by atoms with E-state index in [0.29, 0.717) is 23.9 Å². The third kappa shape index (κ3) is 3.02. The summed E-state index contributed by atoms with van der Waals surface area (Å²) in [5.41, 5.74) is 0.524. The maximum Gasteiger partial charge on any atom is 0.161 e. The van der Waals surface area contributed by atoms with Crippen molar-refractivity contribution in [3.63, 3.8) is 0 Å². The highest BCUT2D eigenvalue weighted by Crippen LogP contribution is 2.18. The van der Waals surface area contributed by atoms with Gasteiger partial charge in [0.2, 0.25) is 0 Å². The van der Waals surface area contributed by atoms with Gasteiger partial charge in [0.25, 0.3) is 0 Å². The fraction of sp³-hybridized carbons (Fsp3) is 0.455. The fourth-order valence-corrected chi connectivity index (χ4v) is 1.08. The highest BCUT2D eigenvalue weighted by atomic mass is 16.5. The van der Waals surface area contributed by atoms with Crippen LogP contribution in [0.2, 0.25) is 0 Å². The predicted molar refractivity (Wildman–Crippen MR) is 57.7 cm³/mol. The highest BCUT2D eigenvalue weighted by molar-refractivity contribution is 5.24. The molecule has 1 heterocycles. The molecule has 0 atom stereocenters. The maximum absolute atomic E-state index is 9.13. The summed E-state index contributed by atoms with van der Waals surface area (Å²) in [6.45, 7) is 7.79. The molecule has 0 aliphatic rings. The SMILES string of the molecule is C=CCOc1cnc(C(C)C)nc1CO. The molecule has 0 aliphatic heterocycles. The molecule has 1 aromatic rings. The minimum atomic E-state index is -0.144. The molecule has 0 unspecified atom stereocenters. The number of nitrogens with zero attached hydrogens (tertiary/aromatic N) is 2. The van der Waals surface area contributed by atoms with E-state index in [9.17, 15) is 0 Å². The first-order valence-electron chi connectivity index (χ1n) is 4.89. The summed E-state index contributed by atoms with van der Waals surface area (Å²) in [5.74, 6) is 1.47. The lowest BCUT2D eigenvalue weighted by atomic mass is 10.2. The van der Waals surface area contributed by atoms with E-state index in [1.165, 1.54) is 0 Å². The van der Waals surface area contributed by atoms with E-state index in [0.717, 1.165) is 0 Å². The van der Waals surface area contributed by atoms with Crippen molar-refractivity contribution < 1.29 is 9.84 Å². The molecule has 1 aromatic heterocycles. The van der Waals surface area contributed by atoms with Crippen molar-refractivity contribution in [3.05, 3.63) is 30.4 Å². The molecule has 1 N–H and O–H groups in total. The monoisotopic (exact) mass is 208 g/mol. The minimum Gasteiger partial charge on any atom is -0.486 e. The summed E-state index contributed by atoms with van der Waals surface area (Å²) < 4.78 is 5.31. The number of aliphatic hydroxyl groups excluding tert-OH is 1. The number of ether oxygens (including phenoxy) is 1. The van der Waals surface area contributed by atoms with Gasteiger partial charge in [0.05, 0.1) is 12.8 Å². The van der Waals surface area contributed by atoms with Crippen molar-refractivity contribution in [2.75, 3.05) is 6.61 Å². The number of hydrogen-bond acceptors (Lipinski definition) is 4. The molecule has 0 saturated carbocycles. The summed E-state index contributed by atoms with van der Waals surface area (Å²) in [5, 5.41) is 9.13. The van der Waals surface area contributed by atoms with Crippen molar-refractivity contribution in [3.8, 4) is 5.75 Å². The topological polar surface area (TPSA) is 55.2 Å². The van der Waals surface area contributed by atoms with Crippen molar-refractivity contribution in [2.45, 2.75) is 26.4 Å². The van der Waals surface area contributed by atoms with E-state index in [1.54, 1.807) is 12.3 Å². The Hall–Kier alpha value is -1.42. The Kier molecular flexibility index (Phi) is 4.24. The summed E-state index contributed by atoms with van der Waals surface area (Å²) in [6, 6.07) is 0. The predicted octanol–water partition coefficient (Wildman–Crippen LogP) is 1.66. The normalized spacial score (nSPS) is 10.4. The van der Waals surface area contributed by atoms with Crippen molar-refractivity contribution in [1.82, 2.24) is 9.97 Å². The van der Waals surface area contributed by atoms with E-state index in [4.69, 9.17) is 9.84 Å². The Morgan fingerprint density at radius 2 is 2.33 bits per heavy atom. The van der Waals surface area contributed by atoms with Gasteiger partial charge in [-0.15, -0.1) is 0 Å². The minimum absolute atomic E-state index is 0.144. The Morgan fingerprint density at radius 3 is 2.87 bits per heavy atom. The zero-order valence-electron chi connectivity index (χ0n) is 9.10. The first-order valence-corrected chi connectivity index (χ1v) is 4.89. The molecule has 0 fully saturated rings. The summed E-state index contributed by atoms with van der Waals surface area (Å²) >= 11 is 0. The van der Waals surface area contributed by atoms with Gasteiger partial charge in [-0.05, 0) is 0 Å². The van der Waals surface area contributed by atoms with Crippen LogP contribution in [0.1, 0.15) is 31.3 Å². The van der Waals surface area contributed by atoms with Crippen molar-refractivity contribution in [2.24, 2.45) is 0 Å². The molecule has 1 rings (SSSR count). The molecule has 0 saturated heterocycles. The van der Waals surface area contributed by atoms with E-state index in [1.807, 2.05) is 13.8 Å². The average Bonchev–Trinajstić information content (AvgIpc) is 2.25. The quantitative estimate of drug-likeness (QED) is 0.748. The van der Waals surface area contributed by atoms with Gasteiger partial charge in [-0.1, -0.05) is 26.5 Å². The molecule has 4 nitrogen and oxygen atoms in total. The van der Waals surface area contributed by atoms with Gasteiger partial charge in [-0.2, -0.15) is 0 Å². The van der Waals surface area contributed by atoms with Gasteiger partial charge in [-0.25, -0.2) is 9.97 Å². The maximum atomic E-state index is 9.13. The first kappa shape index (κ1) is 11.7. The van der Waals surface area contributed by atoms with E-state index < -0.39 is 0 Å². The molecule has 0 aromatic carbocycles. The highest BCUT2D eigenvalue weighted by Gasteiger charge is 2.09. The molecular formula is C11H16N2O2. The third-order valence-electron chi connectivity index (χ3n) is 1.87. The van der Waals surface area contributed by atoms with Crippen molar-refractivity contribution >= 4 is 0 Å². The van der Waals surface area contributed by atoms with E-state index in [2.05, 4.69) is 16.5 Å². The Labute approximate surface area is 89.6 Å². The molecule has 4 heteroatoms. The second-order valence-electron chi connectivity index (χ2n) is 3.45. The van der Waals surface area contributed by atoms with Crippen LogP contribution in [0.3, 0.4) is 0 Å². The van der Waals surface area contributed by atoms with E-state index >= 15 is 0 Å². The molecule has 0 aliphatic carbocycles. The average molecular weight is 208 g/mol. The molecule has 0 bridgehead atoms. The van der Waals surface area contributed by atoms with Crippen LogP contribution in [-0.2, 0) is 6.61 Å². The second-order valence-corrected chi connectivity index (χ2v) is 3.45. The van der Waals surface area contributed by atoms with Crippen LogP contribution in [0.4, 0.5) is 0 Å². The number of aromatic nitrogens is 2. The molecule has 0 amide bonds. The summed E-state index contributed by atoms with van der Waals surface area (Å²) in [6.07, 6.45) is 3.23. The smallest absolute Gasteiger partial charge is 0.161 e. The van der Waals surface area contributed by atoms with Crippen LogP contribution in [0.25, 0.3) is 0 Å². The zero-order chi connectivity index (χ0) is 11.3. The van der Waals surface area contributed by atoms with Crippen LogP contribution >= 0.6 is 0 Å². The molecule has 15 heavy (non-hydrogen) atoms. The van der Waals surface area contributed by atoms with Gasteiger partial charge in [0.15, 0.2) is 5.75 Å². The van der Waals surface area contributed by atoms with Crippen LogP contribution in [0, 0.1) is 0 Å².